The van der Waals surface area contributed by atoms with E-state index in [4.69, 9.17) is 4.74 Å². The van der Waals surface area contributed by atoms with Gasteiger partial charge in [-0.2, -0.15) is 0 Å². The summed E-state index contributed by atoms with van der Waals surface area (Å²) in [5, 5.41) is 6.07. The highest BCUT2D eigenvalue weighted by molar-refractivity contribution is 7.07. The van der Waals surface area contributed by atoms with E-state index in [1.54, 1.807) is 27.7 Å². The molecule has 1 atom stereocenters. The van der Waals surface area contributed by atoms with Crippen LogP contribution in [-0.2, 0) is 9.53 Å². The number of nitrogens with one attached hydrogen (secondary N) is 1. The molecule has 0 aliphatic carbocycles. The minimum atomic E-state index is -0.705. The van der Waals surface area contributed by atoms with Gasteiger partial charge in [-0.15, -0.1) is 5.10 Å². The molecule has 7 heteroatoms. The van der Waals surface area contributed by atoms with Gasteiger partial charge in [0.15, 0.2) is 0 Å². The molecule has 1 heterocycles. The van der Waals surface area contributed by atoms with Gasteiger partial charge in [-0.05, 0) is 39.2 Å². The average molecular weight is 257 g/mol. The van der Waals surface area contributed by atoms with E-state index in [1.165, 1.54) is 6.20 Å². The van der Waals surface area contributed by atoms with Crippen LogP contribution in [0.1, 0.15) is 37.4 Å². The fraction of sp³-hybridized carbons (Fsp3) is 0.600. The Morgan fingerprint density at radius 2 is 2.12 bits per heavy atom. The first kappa shape index (κ1) is 13.6. The summed E-state index contributed by atoms with van der Waals surface area (Å²) < 4.78 is 8.71. The summed E-state index contributed by atoms with van der Waals surface area (Å²) in [4.78, 5) is 23.6. The number of nitrogens with zero attached hydrogens (tertiary/aromatic N) is 2. The van der Waals surface area contributed by atoms with Crippen LogP contribution in [0.5, 0.6) is 0 Å². The fourth-order valence-electron chi connectivity index (χ4n) is 0.984. The Hall–Kier alpha value is -1.50. The third-order valence-electron chi connectivity index (χ3n) is 1.69. The molecule has 1 aromatic heterocycles. The van der Waals surface area contributed by atoms with Gasteiger partial charge < -0.3 is 10.1 Å². The highest BCUT2D eigenvalue weighted by Gasteiger charge is 2.23. The first-order chi connectivity index (χ1) is 7.79. The van der Waals surface area contributed by atoms with E-state index in [1.807, 2.05) is 0 Å². The lowest BCUT2D eigenvalue weighted by Crippen LogP contribution is -2.42. The van der Waals surface area contributed by atoms with Crippen molar-refractivity contribution in [2.75, 3.05) is 0 Å². The van der Waals surface area contributed by atoms with Crippen molar-refractivity contribution < 1.29 is 14.3 Å². The van der Waals surface area contributed by atoms with Crippen molar-refractivity contribution in [2.24, 2.45) is 0 Å². The molecule has 0 fully saturated rings. The predicted molar refractivity (Wildman–Crippen MR) is 62.7 cm³/mol. The lowest BCUT2D eigenvalue weighted by atomic mass is 10.2. The maximum Gasteiger partial charge on any atom is 0.328 e. The number of rotatable bonds is 3. The SMILES string of the molecule is C[C@@H](NC(=O)c1cnns1)C(=O)OC(C)(C)C. The third kappa shape index (κ3) is 4.48. The van der Waals surface area contributed by atoms with Gasteiger partial charge in [0, 0.05) is 0 Å². The molecule has 0 bridgehead atoms. The van der Waals surface area contributed by atoms with Crippen LogP contribution in [0.15, 0.2) is 6.20 Å². The molecule has 17 heavy (non-hydrogen) atoms. The monoisotopic (exact) mass is 257 g/mol. The van der Waals surface area contributed by atoms with Gasteiger partial charge in [0.2, 0.25) is 0 Å². The number of amides is 1. The molecule has 0 aromatic carbocycles. The molecular formula is C10H15N3O3S. The van der Waals surface area contributed by atoms with Crippen molar-refractivity contribution in [3.05, 3.63) is 11.1 Å². The second-order valence-corrected chi connectivity index (χ2v) is 5.30. The van der Waals surface area contributed by atoms with E-state index < -0.39 is 17.6 Å². The first-order valence-electron chi connectivity index (χ1n) is 5.10. The number of ether oxygens (including phenoxy) is 1. The van der Waals surface area contributed by atoms with Gasteiger partial charge >= 0.3 is 5.97 Å². The van der Waals surface area contributed by atoms with Crippen molar-refractivity contribution >= 4 is 23.4 Å². The Morgan fingerprint density at radius 3 is 2.59 bits per heavy atom. The summed E-state index contributed by atoms with van der Waals surface area (Å²) in [6.07, 6.45) is 1.35. The number of hydrogen-bond donors (Lipinski definition) is 1. The second-order valence-electron chi connectivity index (χ2n) is 4.51. The Morgan fingerprint density at radius 1 is 1.47 bits per heavy atom. The minimum Gasteiger partial charge on any atom is -0.458 e. The lowest BCUT2D eigenvalue weighted by molar-refractivity contribution is -0.156. The molecule has 1 aromatic rings. The molecule has 0 unspecified atom stereocenters. The molecule has 1 amide bonds. The van der Waals surface area contributed by atoms with Crippen molar-refractivity contribution in [2.45, 2.75) is 39.3 Å². The zero-order valence-corrected chi connectivity index (χ0v) is 11.0. The number of carbonyl (C=O) groups is 2. The summed E-state index contributed by atoms with van der Waals surface area (Å²) in [5.41, 5.74) is -0.567. The summed E-state index contributed by atoms with van der Waals surface area (Å²) in [5.74, 6) is -0.846. The van der Waals surface area contributed by atoms with Crippen LogP contribution in [0.4, 0.5) is 0 Å². The molecule has 94 valence electrons. The van der Waals surface area contributed by atoms with Crippen molar-refractivity contribution in [1.29, 1.82) is 0 Å². The number of aromatic nitrogens is 2. The molecule has 1 N–H and O–H groups in total. The molecule has 0 saturated heterocycles. The Kier molecular flexibility index (Phi) is 4.17. The highest BCUT2D eigenvalue weighted by atomic mass is 32.1. The van der Waals surface area contributed by atoms with E-state index >= 15 is 0 Å². The predicted octanol–water partition coefficient (Wildman–Crippen LogP) is 0.998. The largest absolute Gasteiger partial charge is 0.458 e. The summed E-state index contributed by atoms with van der Waals surface area (Å²) >= 11 is 0.973. The minimum absolute atomic E-state index is 0.361. The smallest absolute Gasteiger partial charge is 0.328 e. The number of hydrogen-bond acceptors (Lipinski definition) is 6. The molecule has 0 saturated carbocycles. The molecule has 6 nitrogen and oxygen atoms in total. The summed E-state index contributed by atoms with van der Waals surface area (Å²) in [6, 6.07) is -0.705. The fourth-order valence-corrected chi connectivity index (χ4v) is 1.40. The molecule has 0 radical (unpaired) electrons. The van der Waals surface area contributed by atoms with Crippen LogP contribution in [0, 0.1) is 0 Å². The average Bonchev–Trinajstić information content (AvgIpc) is 2.67. The zero-order valence-electron chi connectivity index (χ0n) is 10.2. The Balaban J connectivity index is 2.52. The maximum absolute atomic E-state index is 11.6. The van der Waals surface area contributed by atoms with Crippen LogP contribution < -0.4 is 5.32 Å². The summed E-state index contributed by atoms with van der Waals surface area (Å²) in [6.45, 7) is 6.88. The van der Waals surface area contributed by atoms with Gasteiger partial charge in [0.1, 0.15) is 16.5 Å². The first-order valence-corrected chi connectivity index (χ1v) is 5.88. The lowest BCUT2D eigenvalue weighted by Gasteiger charge is -2.22. The van der Waals surface area contributed by atoms with E-state index in [9.17, 15) is 9.59 Å². The summed E-state index contributed by atoms with van der Waals surface area (Å²) in [7, 11) is 0. The zero-order chi connectivity index (χ0) is 13.1. The van der Waals surface area contributed by atoms with Crippen LogP contribution >= 0.6 is 11.5 Å². The van der Waals surface area contributed by atoms with Gasteiger partial charge in [0.05, 0.1) is 6.20 Å². The third-order valence-corrected chi connectivity index (χ3v) is 2.36. The molecule has 0 aliphatic heterocycles. The van der Waals surface area contributed by atoms with Gasteiger partial charge in [-0.25, -0.2) is 4.79 Å². The molecule has 0 spiro atoms. The number of carbonyl (C=O) groups excluding carboxylic acids is 2. The number of esters is 1. The van der Waals surface area contributed by atoms with Crippen molar-refractivity contribution in [3.63, 3.8) is 0 Å². The van der Waals surface area contributed by atoms with E-state index in [0.29, 0.717) is 4.88 Å². The van der Waals surface area contributed by atoms with Gasteiger partial charge in [0.25, 0.3) is 5.91 Å². The highest BCUT2D eigenvalue weighted by Crippen LogP contribution is 2.09. The normalized spacial score (nSPS) is 12.9. The molecular weight excluding hydrogens is 242 g/mol. The Bertz CT molecular complexity index is 397. The van der Waals surface area contributed by atoms with E-state index in [2.05, 4.69) is 14.9 Å². The quantitative estimate of drug-likeness (QED) is 0.817. The van der Waals surface area contributed by atoms with Crippen LogP contribution in [-0.4, -0.2) is 33.1 Å². The van der Waals surface area contributed by atoms with Crippen LogP contribution in [0.2, 0.25) is 0 Å². The second kappa shape index (κ2) is 5.22. The topological polar surface area (TPSA) is 81.2 Å². The standard InChI is InChI=1S/C10H15N3O3S/c1-6(9(15)16-10(2,3)4)12-8(14)7-5-11-13-17-7/h5-6H,1-4H3,(H,12,14)/t6-/m1/s1. The van der Waals surface area contributed by atoms with Crippen LogP contribution in [0.3, 0.4) is 0 Å². The van der Waals surface area contributed by atoms with Gasteiger partial charge in [-0.1, -0.05) is 4.49 Å². The van der Waals surface area contributed by atoms with Gasteiger partial charge in [-0.3, -0.25) is 4.79 Å². The van der Waals surface area contributed by atoms with E-state index in [-0.39, 0.29) is 5.91 Å². The molecule has 0 aliphatic rings. The maximum atomic E-state index is 11.6. The van der Waals surface area contributed by atoms with Crippen molar-refractivity contribution in [3.8, 4) is 0 Å². The van der Waals surface area contributed by atoms with E-state index in [0.717, 1.165) is 11.5 Å². The Labute approximate surface area is 104 Å². The van der Waals surface area contributed by atoms with Crippen LogP contribution in [0.25, 0.3) is 0 Å². The van der Waals surface area contributed by atoms with Crippen molar-refractivity contribution in [1.82, 2.24) is 14.9 Å². The molecule has 1 rings (SSSR count).